The van der Waals surface area contributed by atoms with Gasteiger partial charge < -0.3 is 10.1 Å². The minimum Gasteiger partial charge on any atom is -0.444 e. The van der Waals surface area contributed by atoms with Crippen molar-refractivity contribution in [3.8, 4) is 0 Å². The highest BCUT2D eigenvalue weighted by atomic mass is 16.6. The number of para-hydroxylation sites is 1. The second kappa shape index (κ2) is 7.59. The van der Waals surface area contributed by atoms with E-state index in [1.54, 1.807) is 58.0 Å². The topological polar surface area (TPSA) is 81.5 Å². The third-order valence-corrected chi connectivity index (χ3v) is 2.73. The number of rotatable bonds is 5. The van der Waals surface area contributed by atoms with Gasteiger partial charge in [-0.1, -0.05) is 24.3 Å². The molecule has 1 aromatic rings. The number of carbonyl (C=O) groups is 1. The van der Waals surface area contributed by atoms with E-state index in [9.17, 15) is 14.9 Å². The summed E-state index contributed by atoms with van der Waals surface area (Å²) in [6, 6.07) is 5.18. The van der Waals surface area contributed by atoms with E-state index in [0.717, 1.165) is 0 Å². The summed E-state index contributed by atoms with van der Waals surface area (Å²) in [6.45, 7) is 7.50. The second-order valence-electron chi connectivity index (χ2n) is 5.89. The molecule has 1 rings (SSSR count). The highest BCUT2D eigenvalue weighted by molar-refractivity contribution is 5.67. The molecule has 1 N–H and O–H groups in total. The number of alkyl carbamates (subject to hydrolysis) is 1. The molecule has 0 fully saturated rings. The first-order valence-electron chi connectivity index (χ1n) is 7.08. The van der Waals surface area contributed by atoms with Crippen molar-refractivity contribution in [3.63, 3.8) is 0 Å². The third kappa shape index (κ3) is 5.95. The molecule has 0 aliphatic rings. The minimum absolute atomic E-state index is 0.110. The van der Waals surface area contributed by atoms with Crippen molar-refractivity contribution in [2.75, 3.05) is 6.54 Å². The van der Waals surface area contributed by atoms with Crippen molar-refractivity contribution in [1.29, 1.82) is 0 Å². The fourth-order valence-corrected chi connectivity index (χ4v) is 1.85. The number of aryl methyl sites for hydroxylation is 1. The van der Waals surface area contributed by atoms with Crippen molar-refractivity contribution < 1.29 is 14.5 Å². The fraction of sp³-hybridized carbons (Fsp3) is 0.438. The maximum absolute atomic E-state index is 11.4. The number of benzene rings is 1. The van der Waals surface area contributed by atoms with Gasteiger partial charge in [0.15, 0.2) is 0 Å². The van der Waals surface area contributed by atoms with Gasteiger partial charge in [-0.05, 0) is 40.2 Å². The fourth-order valence-electron chi connectivity index (χ4n) is 1.85. The Balaban J connectivity index is 2.53. The zero-order valence-corrected chi connectivity index (χ0v) is 13.4. The smallest absolute Gasteiger partial charge is 0.407 e. The highest BCUT2D eigenvalue weighted by Crippen LogP contribution is 2.24. The Morgan fingerprint density at radius 3 is 2.68 bits per heavy atom. The quantitative estimate of drug-likeness (QED) is 0.509. The van der Waals surface area contributed by atoms with E-state index >= 15 is 0 Å². The normalized spacial score (nSPS) is 11.5. The lowest BCUT2D eigenvalue weighted by atomic mass is 10.1. The summed E-state index contributed by atoms with van der Waals surface area (Å²) in [5.41, 5.74) is 0.766. The molecule has 0 radical (unpaired) electrons. The zero-order chi connectivity index (χ0) is 16.8. The van der Waals surface area contributed by atoms with Gasteiger partial charge in [-0.25, -0.2) is 4.79 Å². The van der Waals surface area contributed by atoms with Crippen molar-refractivity contribution in [1.82, 2.24) is 5.32 Å². The maximum Gasteiger partial charge on any atom is 0.407 e. The molecule has 0 heterocycles. The van der Waals surface area contributed by atoms with Crippen molar-refractivity contribution >= 4 is 17.9 Å². The summed E-state index contributed by atoms with van der Waals surface area (Å²) < 4.78 is 5.11. The number of nitro groups is 1. The molecule has 0 saturated heterocycles. The minimum atomic E-state index is -0.526. The largest absolute Gasteiger partial charge is 0.444 e. The molecular weight excluding hydrogens is 284 g/mol. The van der Waals surface area contributed by atoms with Gasteiger partial charge in [0, 0.05) is 12.1 Å². The molecule has 0 atom stereocenters. The van der Waals surface area contributed by atoms with Gasteiger partial charge in [-0.2, -0.15) is 0 Å². The number of amides is 1. The monoisotopic (exact) mass is 306 g/mol. The van der Waals surface area contributed by atoms with Crippen molar-refractivity contribution in [2.24, 2.45) is 0 Å². The standard InChI is InChI=1S/C16H22N2O4/c1-12-8-7-10-13(14(12)18(20)21)9-5-6-11-17-15(19)22-16(2,3)4/h5,7-10H,6,11H2,1-4H3,(H,17,19). The van der Waals surface area contributed by atoms with Crippen LogP contribution in [0.15, 0.2) is 24.3 Å². The Kier molecular flexibility index (Phi) is 6.10. The molecule has 22 heavy (non-hydrogen) atoms. The molecule has 0 aromatic heterocycles. The van der Waals surface area contributed by atoms with Crippen LogP contribution >= 0.6 is 0 Å². The molecule has 6 heteroatoms. The summed E-state index contributed by atoms with van der Waals surface area (Å²) in [6.07, 6.45) is 3.58. The molecular formula is C16H22N2O4. The molecule has 1 amide bonds. The Labute approximate surface area is 130 Å². The van der Waals surface area contributed by atoms with Gasteiger partial charge in [0.05, 0.1) is 10.5 Å². The van der Waals surface area contributed by atoms with Gasteiger partial charge in [0.2, 0.25) is 0 Å². The second-order valence-corrected chi connectivity index (χ2v) is 5.89. The summed E-state index contributed by atoms with van der Waals surface area (Å²) in [7, 11) is 0. The Morgan fingerprint density at radius 2 is 2.09 bits per heavy atom. The van der Waals surface area contributed by atoms with E-state index < -0.39 is 11.7 Å². The van der Waals surface area contributed by atoms with Gasteiger partial charge >= 0.3 is 6.09 Å². The zero-order valence-electron chi connectivity index (χ0n) is 13.4. The predicted octanol–water partition coefficient (Wildman–Crippen LogP) is 3.83. The molecule has 6 nitrogen and oxygen atoms in total. The lowest BCUT2D eigenvalue weighted by Gasteiger charge is -2.19. The van der Waals surface area contributed by atoms with Gasteiger partial charge in [-0.3, -0.25) is 10.1 Å². The summed E-state index contributed by atoms with van der Waals surface area (Å²) in [5.74, 6) is 0. The van der Waals surface area contributed by atoms with Crippen LogP contribution in [0.4, 0.5) is 10.5 Å². The van der Waals surface area contributed by atoms with Crippen LogP contribution in [0.2, 0.25) is 0 Å². The van der Waals surface area contributed by atoms with Crippen molar-refractivity contribution in [2.45, 2.75) is 39.7 Å². The molecule has 1 aromatic carbocycles. The Morgan fingerprint density at radius 1 is 1.41 bits per heavy atom. The lowest BCUT2D eigenvalue weighted by molar-refractivity contribution is -0.385. The van der Waals surface area contributed by atoms with E-state index in [1.165, 1.54) is 0 Å². The third-order valence-electron chi connectivity index (χ3n) is 2.73. The number of ether oxygens (including phenoxy) is 1. The van der Waals surface area contributed by atoms with Crippen LogP contribution in [0, 0.1) is 17.0 Å². The predicted molar refractivity (Wildman–Crippen MR) is 85.7 cm³/mol. The maximum atomic E-state index is 11.4. The van der Waals surface area contributed by atoms with E-state index in [-0.39, 0.29) is 10.6 Å². The first-order chi connectivity index (χ1) is 10.2. The van der Waals surface area contributed by atoms with Crippen LogP contribution < -0.4 is 5.32 Å². The van der Waals surface area contributed by atoms with E-state index in [4.69, 9.17) is 4.74 Å². The van der Waals surface area contributed by atoms with E-state index in [1.807, 2.05) is 0 Å². The van der Waals surface area contributed by atoms with Gasteiger partial charge in [0.1, 0.15) is 5.60 Å². The highest BCUT2D eigenvalue weighted by Gasteiger charge is 2.15. The first kappa shape index (κ1) is 17.7. The van der Waals surface area contributed by atoms with Gasteiger partial charge in [-0.15, -0.1) is 0 Å². The molecule has 0 unspecified atom stereocenters. The van der Waals surface area contributed by atoms with Gasteiger partial charge in [0.25, 0.3) is 5.69 Å². The summed E-state index contributed by atoms with van der Waals surface area (Å²) in [4.78, 5) is 22.1. The number of nitrogens with zero attached hydrogens (tertiary/aromatic N) is 1. The Bertz CT molecular complexity index is 574. The summed E-state index contributed by atoms with van der Waals surface area (Å²) >= 11 is 0. The number of carbonyl (C=O) groups excluding carboxylic acids is 1. The average Bonchev–Trinajstić information content (AvgIpc) is 2.35. The molecule has 0 spiro atoms. The molecule has 120 valence electrons. The van der Waals surface area contributed by atoms with E-state index in [2.05, 4.69) is 5.32 Å². The van der Waals surface area contributed by atoms with E-state index in [0.29, 0.717) is 24.1 Å². The number of nitrogens with one attached hydrogen (secondary N) is 1. The van der Waals surface area contributed by atoms with Crippen molar-refractivity contribution in [3.05, 3.63) is 45.5 Å². The van der Waals surface area contributed by atoms with Crippen LogP contribution in [0.25, 0.3) is 6.08 Å². The molecule has 0 aliphatic carbocycles. The van der Waals surface area contributed by atoms with Crippen LogP contribution in [0.1, 0.15) is 38.3 Å². The van der Waals surface area contributed by atoms with Crippen LogP contribution in [-0.2, 0) is 4.74 Å². The van der Waals surface area contributed by atoms with Crippen LogP contribution in [0.5, 0.6) is 0 Å². The SMILES string of the molecule is Cc1cccc(C=CCCNC(=O)OC(C)(C)C)c1[N+](=O)[O-]. The van der Waals surface area contributed by atoms with Crippen LogP contribution in [0.3, 0.4) is 0 Å². The average molecular weight is 306 g/mol. The molecule has 0 bridgehead atoms. The number of nitro benzene ring substituents is 1. The lowest BCUT2D eigenvalue weighted by Crippen LogP contribution is -2.32. The number of hydrogen-bond donors (Lipinski definition) is 1. The van der Waals surface area contributed by atoms with Crippen LogP contribution in [-0.4, -0.2) is 23.2 Å². The number of hydrogen-bond acceptors (Lipinski definition) is 4. The molecule has 0 saturated carbocycles. The summed E-state index contributed by atoms with van der Waals surface area (Å²) in [5, 5.41) is 13.7. The Hall–Kier alpha value is -2.37. The first-order valence-corrected chi connectivity index (χ1v) is 7.08. The molecule has 0 aliphatic heterocycles.